The van der Waals surface area contributed by atoms with Crippen LogP contribution in [-0.4, -0.2) is 20.6 Å². The van der Waals surface area contributed by atoms with E-state index in [1.807, 2.05) is 0 Å². The van der Waals surface area contributed by atoms with Gasteiger partial charge in [-0.3, -0.25) is 0 Å². The van der Waals surface area contributed by atoms with Crippen LogP contribution in [-0.2, 0) is 13.8 Å². The standard InChI is InChI=1S/C3H8O3P/c1-5-3-6-7(2)4/h3H2,1-2H3/q+1. The maximum Gasteiger partial charge on any atom is 0.507 e. The molecule has 7 heavy (non-hydrogen) atoms. The molecule has 0 radical (unpaired) electrons. The van der Waals surface area contributed by atoms with Crippen molar-refractivity contribution in [1.82, 2.24) is 0 Å². The Morgan fingerprint density at radius 3 is 2.43 bits per heavy atom. The Labute approximate surface area is 43.5 Å². The van der Waals surface area contributed by atoms with Gasteiger partial charge in [0.05, 0.1) is 0 Å². The molecule has 1 atom stereocenters. The Bertz CT molecular complexity index is 63.2. The highest BCUT2D eigenvalue weighted by molar-refractivity contribution is 7.38. The van der Waals surface area contributed by atoms with Crippen molar-refractivity contribution in [3.8, 4) is 0 Å². The van der Waals surface area contributed by atoms with Crippen LogP contribution < -0.4 is 0 Å². The first kappa shape index (κ1) is 7.02. The summed E-state index contributed by atoms with van der Waals surface area (Å²) in [5, 5.41) is 0. The van der Waals surface area contributed by atoms with Crippen LogP contribution in [0.2, 0.25) is 0 Å². The van der Waals surface area contributed by atoms with Gasteiger partial charge in [-0.1, -0.05) is 0 Å². The quantitative estimate of drug-likeness (QED) is 0.414. The fourth-order valence-corrected chi connectivity index (χ4v) is 0.381. The van der Waals surface area contributed by atoms with E-state index < -0.39 is 8.03 Å². The zero-order valence-electron chi connectivity index (χ0n) is 4.38. The summed E-state index contributed by atoms with van der Waals surface area (Å²) < 4.78 is 19.0. The largest absolute Gasteiger partial charge is 0.507 e. The molecule has 1 unspecified atom stereocenters. The second kappa shape index (κ2) is 4.19. The summed E-state index contributed by atoms with van der Waals surface area (Å²) in [7, 11) is 0.00360. The minimum atomic E-state index is -1.48. The molecular weight excluding hydrogens is 115 g/mol. The van der Waals surface area contributed by atoms with Gasteiger partial charge >= 0.3 is 8.03 Å². The van der Waals surface area contributed by atoms with E-state index in [1.54, 1.807) is 0 Å². The number of hydrogen-bond donors (Lipinski definition) is 0. The SMILES string of the molecule is COCO[P+](C)=O. The zero-order chi connectivity index (χ0) is 5.70. The molecule has 0 bridgehead atoms. The van der Waals surface area contributed by atoms with Crippen LogP contribution in [0.4, 0.5) is 0 Å². The molecule has 4 heteroatoms. The Morgan fingerprint density at radius 1 is 1.71 bits per heavy atom. The highest BCUT2D eigenvalue weighted by atomic mass is 31.1. The molecule has 0 aromatic heterocycles. The summed E-state index contributed by atoms with van der Waals surface area (Å²) in [5.74, 6) is 0. The molecule has 0 saturated heterocycles. The summed E-state index contributed by atoms with van der Waals surface area (Å²) >= 11 is 0. The van der Waals surface area contributed by atoms with E-state index in [2.05, 4.69) is 9.26 Å². The minimum Gasteiger partial charge on any atom is -0.354 e. The maximum absolute atomic E-state index is 10.0. The van der Waals surface area contributed by atoms with E-state index in [1.165, 1.54) is 13.8 Å². The lowest BCUT2D eigenvalue weighted by molar-refractivity contribution is 0.0580. The van der Waals surface area contributed by atoms with Gasteiger partial charge in [0.1, 0.15) is 0 Å². The van der Waals surface area contributed by atoms with E-state index in [4.69, 9.17) is 0 Å². The second-order valence-electron chi connectivity index (χ2n) is 0.975. The van der Waals surface area contributed by atoms with Gasteiger partial charge in [0.25, 0.3) is 0 Å². The summed E-state index contributed by atoms with van der Waals surface area (Å²) in [6, 6.07) is 0. The molecule has 0 aromatic carbocycles. The normalized spacial score (nSPS) is 11.4. The molecule has 0 spiro atoms. The Balaban J connectivity index is 2.82. The third-order valence-corrected chi connectivity index (χ3v) is 0.821. The molecule has 0 aliphatic carbocycles. The van der Waals surface area contributed by atoms with Crippen molar-refractivity contribution in [2.24, 2.45) is 0 Å². The fourth-order valence-electron chi connectivity index (χ4n) is 0.127. The van der Waals surface area contributed by atoms with Crippen molar-refractivity contribution < 1.29 is 13.8 Å². The highest BCUT2D eigenvalue weighted by Gasteiger charge is 2.03. The number of rotatable bonds is 3. The van der Waals surface area contributed by atoms with Crippen molar-refractivity contribution in [2.75, 3.05) is 20.6 Å². The Kier molecular flexibility index (Phi) is 4.20. The van der Waals surface area contributed by atoms with Crippen LogP contribution in [0.25, 0.3) is 0 Å². The molecule has 0 fully saturated rings. The molecule has 0 saturated carbocycles. The smallest absolute Gasteiger partial charge is 0.354 e. The van der Waals surface area contributed by atoms with Gasteiger partial charge in [-0.05, 0) is 4.57 Å². The van der Waals surface area contributed by atoms with Gasteiger partial charge < -0.3 is 4.74 Å². The first-order valence-corrected chi connectivity index (χ1v) is 3.42. The van der Waals surface area contributed by atoms with Crippen LogP contribution >= 0.6 is 8.03 Å². The lowest BCUT2D eigenvalue weighted by atomic mass is 11.4. The van der Waals surface area contributed by atoms with Gasteiger partial charge in [0.15, 0.2) is 6.66 Å². The van der Waals surface area contributed by atoms with E-state index in [0.717, 1.165) is 0 Å². The first-order chi connectivity index (χ1) is 3.27. The number of ether oxygens (including phenoxy) is 1. The first-order valence-electron chi connectivity index (χ1n) is 1.80. The van der Waals surface area contributed by atoms with Gasteiger partial charge in [0.2, 0.25) is 6.79 Å². The fraction of sp³-hybridized carbons (Fsp3) is 1.00. The van der Waals surface area contributed by atoms with Crippen LogP contribution in [0, 0.1) is 0 Å². The van der Waals surface area contributed by atoms with Crippen LogP contribution in [0.3, 0.4) is 0 Å². The monoisotopic (exact) mass is 123 g/mol. The Hall–Kier alpha value is 0.0200. The van der Waals surface area contributed by atoms with Gasteiger partial charge in [-0.2, -0.15) is 0 Å². The molecule has 0 aliphatic rings. The molecule has 0 aliphatic heterocycles. The van der Waals surface area contributed by atoms with E-state index >= 15 is 0 Å². The van der Waals surface area contributed by atoms with Crippen LogP contribution in [0.1, 0.15) is 0 Å². The van der Waals surface area contributed by atoms with Crippen molar-refractivity contribution in [2.45, 2.75) is 0 Å². The molecule has 0 rings (SSSR count). The molecule has 0 N–H and O–H groups in total. The van der Waals surface area contributed by atoms with E-state index in [9.17, 15) is 4.57 Å². The van der Waals surface area contributed by atoms with Crippen LogP contribution in [0.15, 0.2) is 0 Å². The topological polar surface area (TPSA) is 35.5 Å². The highest BCUT2D eigenvalue weighted by Crippen LogP contribution is 2.13. The zero-order valence-corrected chi connectivity index (χ0v) is 5.27. The minimum absolute atomic E-state index is 0.117. The van der Waals surface area contributed by atoms with Crippen LogP contribution in [0.5, 0.6) is 0 Å². The summed E-state index contributed by atoms with van der Waals surface area (Å²) in [4.78, 5) is 0. The van der Waals surface area contributed by atoms with Crippen molar-refractivity contribution >= 4 is 8.03 Å². The number of methoxy groups -OCH3 is 1. The van der Waals surface area contributed by atoms with Gasteiger partial charge in [0, 0.05) is 7.11 Å². The predicted octanol–water partition coefficient (Wildman–Crippen LogP) is 0.979. The average molecular weight is 123 g/mol. The molecule has 42 valence electrons. The molecular formula is C3H8O3P+. The van der Waals surface area contributed by atoms with E-state index in [0.29, 0.717) is 0 Å². The maximum atomic E-state index is 10.0. The predicted molar refractivity (Wildman–Crippen MR) is 26.5 cm³/mol. The number of hydrogen-bond acceptors (Lipinski definition) is 3. The second-order valence-corrected chi connectivity index (χ2v) is 2.11. The average Bonchev–Trinajstić information content (AvgIpc) is 1.61. The molecule has 0 heterocycles. The van der Waals surface area contributed by atoms with Crippen molar-refractivity contribution in [3.63, 3.8) is 0 Å². The van der Waals surface area contributed by atoms with Gasteiger partial charge in [-0.25, -0.2) is 0 Å². The lowest BCUT2D eigenvalue weighted by Gasteiger charge is -1.82. The molecule has 0 aromatic rings. The summed E-state index contributed by atoms with van der Waals surface area (Å²) in [6.07, 6.45) is 0. The summed E-state index contributed by atoms with van der Waals surface area (Å²) in [6.45, 7) is 1.60. The van der Waals surface area contributed by atoms with E-state index in [-0.39, 0.29) is 6.79 Å². The molecule has 0 amide bonds. The third-order valence-electron chi connectivity index (χ3n) is 0.352. The van der Waals surface area contributed by atoms with Gasteiger partial charge in [-0.15, -0.1) is 4.52 Å². The summed E-state index contributed by atoms with van der Waals surface area (Å²) in [5.41, 5.74) is 0. The third kappa shape index (κ3) is 6.02. The Morgan fingerprint density at radius 2 is 2.29 bits per heavy atom. The van der Waals surface area contributed by atoms with Crippen molar-refractivity contribution in [1.29, 1.82) is 0 Å². The van der Waals surface area contributed by atoms with Crippen molar-refractivity contribution in [3.05, 3.63) is 0 Å². The lowest BCUT2D eigenvalue weighted by Crippen LogP contribution is -1.86. The molecule has 3 nitrogen and oxygen atoms in total.